The van der Waals surface area contributed by atoms with Crippen molar-refractivity contribution in [1.82, 2.24) is 9.97 Å². The zero-order valence-electron chi connectivity index (χ0n) is 13.9. The van der Waals surface area contributed by atoms with Gasteiger partial charge in [0.15, 0.2) is 11.5 Å². The van der Waals surface area contributed by atoms with Crippen LogP contribution in [0.4, 0.5) is 5.82 Å². The van der Waals surface area contributed by atoms with Crippen molar-refractivity contribution in [3.8, 4) is 11.5 Å². The number of aryl methyl sites for hydroxylation is 2. The molecule has 2 aliphatic rings. The van der Waals surface area contributed by atoms with E-state index in [1.807, 2.05) is 17.4 Å². The van der Waals surface area contributed by atoms with Crippen LogP contribution in [-0.2, 0) is 19.3 Å². The van der Waals surface area contributed by atoms with Crippen molar-refractivity contribution < 1.29 is 9.47 Å². The van der Waals surface area contributed by atoms with Crippen molar-refractivity contribution in [3.05, 3.63) is 40.5 Å². The van der Waals surface area contributed by atoms with Crippen molar-refractivity contribution in [1.29, 1.82) is 0 Å². The van der Waals surface area contributed by atoms with Gasteiger partial charge < -0.3 is 14.8 Å². The van der Waals surface area contributed by atoms with E-state index in [4.69, 9.17) is 9.47 Å². The number of thiophene rings is 1. The summed E-state index contributed by atoms with van der Waals surface area (Å²) < 4.78 is 10.8. The van der Waals surface area contributed by atoms with Gasteiger partial charge in [0.1, 0.15) is 17.0 Å². The third kappa shape index (κ3) is 2.70. The van der Waals surface area contributed by atoms with E-state index in [0.717, 1.165) is 41.5 Å². The molecular weight excluding hydrogens is 334 g/mol. The van der Waals surface area contributed by atoms with E-state index in [1.165, 1.54) is 40.7 Å². The molecule has 1 aromatic carbocycles. The summed E-state index contributed by atoms with van der Waals surface area (Å²) in [5, 5.41) is 4.77. The fourth-order valence-electron chi connectivity index (χ4n) is 3.65. The molecule has 0 saturated carbocycles. The molecule has 128 valence electrons. The summed E-state index contributed by atoms with van der Waals surface area (Å²) in [6, 6.07) is 6.14. The molecule has 5 nitrogen and oxygen atoms in total. The Morgan fingerprint density at radius 2 is 2.00 bits per heavy atom. The molecule has 3 aromatic rings. The van der Waals surface area contributed by atoms with Gasteiger partial charge in [-0.15, -0.1) is 11.3 Å². The van der Waals surface area contributed by atoms with E-state index < -0.39 is 0 Å². The minimum absolute atomic E-state index is 0.319. The predicted molar refractivity (Wildman–Crippen MR) is 98.8 cm³/mol. The largest absolute Gasteiger partial charge is 0.454 e. The van der Waals surface area contributed by atoms with Gasteiger partial charge in [-0.1, -0.05) is 6.07 Å². The number of anilines is 1. The molecule has 0 unspecified atom stereocenters. The fourth-order valence-corrected chi connectivity index (χ4v) is 4.87. The molecule has 5 rings (SSSR count). The highest BCUT2D eigenvalue weighted by Gasteiger charge is 2.19. The zero-order valence-corrected chi connectivity index (χ0v) is 14.7. The summed E-state index contributed by atoms with van der Waals surface area (Å²) >= 11 is 1.84. The first-order chi connectivity index (χ1) is 12.4. The monoisotopic (exact) mass is 353 g/mol. The summed E-state index contributed by atoms with van der Waals surface area (Å²) in [6.45, 7) is 1.15. The number of rotatable bonds is 4. The van der Waals surface area contributed by atoms with E-state index >= 15 is 0 Å². The maximum Gasteiger partial charge on any atom is 0.231 e. The van der Waals surface area contributed by atoms with Crippen LogP contribution >= 0.6 is 11.3 Å². The summed E-state index contributed by atoms with van der Waals surface area (Å²) in [7, 11) is 0. The van der Waals surface area contributed by atoms with Gasteiger partial charge in [-0.2, -0.15) is 0 Å². The van der Waals surface area contributed by atoms with Gasteiger partial charge in [0.25, 0.3) is 0 Å². The van der Waals surface area contributed by atoms with Crippen LogP contribution in [0, 0.1) is 0 Å². The number of hydrogen-bond donors (Lipinski definition) is 1. The molecular formula is C19H19N3O2S. The molecule has 0 fully saturated rings. The second-order valence-electron chi connectivity index (χ2n) is 6.48. The number of nitrogens with one attached hydrogen (secondary N) is 1. The van der Waals surface area contributed by atoms with E-state index in [1.54, 1.807) is 6.33 Å². The Balaban J connectivity index is 1.35. The van der Waals surface area contributed by atoms with Crippen LogP contribution < -0.4 is 14.8 Å². The van der Waals surface area contributed by atoms with Crippen molar-refractivity contribution >= 4 is 27.4 Å². The van der Waals surface area contributed by atoms with Gasteiger partial charge in [-0.3, -0.25) is 0 Å². The minimum Gasteiger partial charge on any atom is -0.454 e. The Labute approximate surface area is 150 Å². The van der Waals surface area contributed by atoms with Crippen molar-refractivity contribution in [2.45, 2.75) is 32.1 Å². The van der Waals surface area contributed by atoms with Gasteiger partial charge in [0.05, 0.1) is 5.39 Å². The topological polar surface area (TPSA) is 56.3 Å². The van der Waals surface area contributed by atoms with Gasteiger partial charge in [-0.25, -0.2) is 9.97 Å². The van der Waals surface area contributed by atoms with E-state index in [0.29, 0.717) is 6.79 Å². The Morgan fingerprint density at radius 1 is 1.08 bits per heavy atom. The molecule has 3 heterocycles. The molecule has 1 N–H and O–H groups in total. The van der Waals surface area contributed by atoms with Gasteiger partial charge in [-0.05, 0) is 55.4 Å². The Bertz CT molecular complexity index is 938. The Kier molecular flexibility index (Phi) is 3.70. The SMILES string of the molecule is c1nc(NCCc2ccc3c(c2)OCO3)c2c3c(sc2n1)CCCC3. The van der Waals surface area contributed by atoms with Crippen LogP contribution in [0.5, 0.6) is 11.5 Å². The number of aromatic nitrogens is 2. The summed E-state index contributed by atoms with van der Waals surface area (Å²) in [6.07, 6.45) is 7.48. The van der Waals surface area contributed by atoms with E-state index in [2.05, 4.69) is 27.4 Å². The van der Waals surface area contributed by atoms with Gasteiger partial charge in [0.2, 0.25) is 6.79 Å². The molecule has 0 spiro atoms. The summed E-state index contributed by atoms with van der Waals surface area (Å²) in [5.41, 5.74) is 2.70. The molecule has 1 aliphatic carbocycles. The molecule has 2 aromatic heterocycles. The van der Waals surface area contributed by atoms with Crippen LogP contribution in [0.3, 0.4) is 0 Å². The molecule has 0 bridgehead atoms. The number of nitrogens with zero attached hydrogens (tertiary/aromatic N) is 2. The minimum atomic E-state index is 0.319. The normalized spacial score (nSPS) is 15.4. The van der Waals surface area contributed by atoms with Crippen molar-refractivity contribution in [2.24, 2.45) is 0 Å². The third-order valence-electron chi connectivity index (χ3n) is 4.89. The summed E-state index contributed by atoms with van der Waals surface area (Å²) in [5.74, 6) is 2.65. The highest BCUT2D eigenvalue weighted by molar-refractivity contribution is 7.19. The lowest BCUT2D eigenvalue weighted by Crippen LogP contribution is -2.08. The summed E-state index contributed by atoms with van der Waals surface area (Å²) in [4.78, 5) is 11.6. The average molecular weight is 353 g/mol. The zero-order chi connectivity index (χ0) is 16.6. The van der Waals surface area contributed by atoms with Crippen LogP contribution in [0.15, 0.2) is 24.5 Å². The Hall–Kier alpha value is -2.34. The lowest BCUT2D eigenvalue weighted by atomic mass is 9.97. The number of benzene rings is 1. The van der Waals surface area contributed by atoms with E-state index in [-0.39, 0.29) is 0 Å². The second-order valence-corrected chi connectivity index (χ2v) is 7.56. The average Bonchev–Trinajstić information content (AvgIpc) is 3.25. The molecule has 0 saturated heterocycles. The number of hydrogen-bond acceptors (Lipinski definition) is 6. The van der Waals surface area contributed by atoms with Crippen molar-refractivity contribution in [2.75, 3.05) is 18.7 Å². The molecule has 0 atom stereocenters. The standard InChI is InChI=1S/C19H19N3O2S/c1-2-4-16-13(3-1)17-18(21-10-22-19(17)25-16)20-8-7-12-5-6-14-15(9-12)24-11-23-14/h5-6,9-10H,1-4,7-8,11H2,(H,20,21,22). The first-order valence-corrected chi connectivity index (χ1v) is 9.58. The first kappa shape index (κ1) is 15.0. The Morgan fingerprint density at radius 3 is 3.00 bits per heavy atom. The lowest BCUT2D eigenvalue weighted by molar-refractivity contribution is 0.174. The second kappa shape index (κ2) is 6.19. The number of fused-ring (bicyclic) bond motifs is 4. The number of ether oxygens (including phenoxy) is 2. The maximum absolute atomic E-state index is 5.45. The predicted octanol–water partition coefficient (Wildman–Crippen LogP) is 3.95. The third-order valence-corrected chi connectivity index (χ3v) is 6.09. The maximum atomic E-state index is 5.45. The van der Waals surface area contributed by atoms with Crippen LogP contribution in [0.2, 0.25) is 0 Å². The molecule has 1 aliphatic heterocycles. The van der Waals surface area contributed by atoms with Gasteiger partial charge >= 0.3 is 0 Å². The van der Waals surface area contributed by atoms with Gasteiger partial charge in [0, 0.05) is 11.4 Å². The molecule has 6 heteroatoms. The first-order valence-electron chi connectivity index (χ1n) is 8.76. The quantitative estimate of drug-likeness (QED) is 0.769. The van der Waals surface area contributed by atoms with Crippen LogP contribution in [0.1, 0.15) is 28.8 Å². The highest BCUT2D eigenvalue weighted by atomic mass is 32.1. The highest BCUT2D eigenvalue weighted by Crippen LogP contribution is 2.38. The van der Waals surface area contributed by atoms with E-state index in [9.17, 15) is 0 Å². The van der Waals surface area contributed by atoms with Crippen LogP contribution in [-0.4, -0.2) is 23.3 Å². The lowest BCUT2D eigenvalue weighted by Gasteiger charge is -2.12. The fraction of sp³-hybridized carbons (Fsp3) is 0.368. The van der Waals surface area contributed by atoms with Crippen LogP contribution in [0.25, 0.3) is 10.2 Å². The molecule has 0 radical (unpaired) electrons. The smallest absolute Gasteiger partial charge is 0.231 e. The van der Waals surface area contributed by atoms with Crippen molar-refractivity contribution in [3.63, 3.8) is 0 Å². The molecule has 25 heavy (non-hydrogen) atoms. The molecule has 0 amide bonds.